The molecule has 0 amide bonds. The van der Waals surface area contributed by atoms with Gasteiger partial charge in [-0.15, -0.1) is 0 Å². The SMILES string of the molecule is C=C1C2CCC3(C4CC5C6(CCC[C@@]5(C)CN(CC)C46)C3[C@H]2O)[C@@H]1O. The molecule has 25 heavy (non-hydrogen) atoms. The van der Waals surface area contributed by atoms with Crippen LogP contribution in [-0.2, 0) is 0 Å². The highest BCUT2D eigenvalue weighted by Gasteiger charge is 2.84. The summed E-state index contributed by atoms with van der Waals surface area (Å²) in [5, 5.41) is 22.9. The number of piperidine rings is 1. The molecule has 0 aromatic rings. The number of likely N-dealkylation sites (tertiary alicyclic amines) is 1. The smallest absolute Gasteiger partial charge is 0.0814 e. The zero-order chi connectivity index (χ0) is 17.4. The van der Waals surface area contributed by atoms with E-state index in [-0.39, 0.29) is 29.0 Å². The number of rotatable bonds is 1. The number of hydrogen-bond donors (Lipinski definition) is 2. The van der Waals surface area contributed by atoms with Crippen molar-refractivity contribution in [3.8, 4) is 0 Å². The first kappa shape index (κ1) is 15.7. The van der Waals surface area contributed by atoms with Gasteiger partial charge in [-0.1, -0.05) is 26.8 Å². The lowest BCUT2D eigenvalue weighted by atomic mass is 9.39. The van der Waals surface area contributed by atoms with Gasteiger partial charge in [-0.25, -0.2) is 0 Å². The van der Waals surface area contributed by atoms with Gasteiger partial charge in [0.05, 0.1) is 12.2 Å². The van der Waals surface area contributed by atoms with Crippen molar-refractivity contribution in [2.24, 2.45) is 39.9 Å². The molecule has 0 radical (unpaired) electrons. The van der Waals surface area contributed by atoms with Crippen molar-refractivity contribution in [2.75, 3.05) is 13.1 Å². The van der Waals surface area contributed by atoms with E-state index in [0.29, 0.717) is 23.3 Å². The van der Waals surface area contributed by atoms with Crippen LogP contribution in [0.25, 0.3) is 0 Å². The fourth-order valence-corrected chi connectivity index (χ4v) is 10.1. The average molecular weight is 344 g/mol. The molecule has 1 aliphatic heterocycles. The Balaban J connectivity index is 1.60. The average Bonchev–Trinajstić information content (AvgIpc) is 2.99. The molecule has 6 aliphatic carbocycles. The molecule has 6 saturated carbocycles. The van der Waals surface area contributed by atoms with Gasteiger partial charge in [-0.05, 0) is 66.9 Å². The Morgan fingerprint density at radius 2 is 2.00 bits per heavy atom. The molecule has 3 heteroatoms. The number of nitrogens with zero attached hydrogens (tertiary/aromatic N) is 1. The molecule has 1 heterocycles. The Bertz CT molecular complexity index is 662. The van der Waals surface area contributed by atoms with Crippen molar-refractivity contribution in [1.29, 1.82) is 0 Å². The van der Waals surface area contributed by atoms with Crippen LogP contribution in [0.1, 0.15) is 52.4 Å². The van der Waals surface area contributed by atoms with E-state index in [1.54, 1.807) is 0 Å². The zero-order valence-corrected chi connectivity index (χ0v) is 15.7. The fourth-order valence-electron chi connectivity index (χ4n) is 10.1. The maximum absolute atomic E-state index is 11.5. The zero-order valence-electron chi connectivity index (χ0n) is 15.7. The van der Waals surface area contributed by atoms with Gasteiger partial charge in [0.2, 0.25) is 0 Å². The monoisotopic (exact) mass is 343 g/mol. The minimum Gasteiger partial charge on any atom is -0.392 e. The number of hydrogen-bond acceptors (Lipinski definition) is 3. The Morgan fingerprint density at radius 3 is 2.76 bits per heavy atom. The molecule has 0 aromatic heterocycles. The molecule has 10 atom stereocenters. The first-order valence-electron chi connectivity index (χ1n) is 10.7. The van der Waals surface area contributed by atoms with E-state index in [1.165, 1.54) is 32.2 Å². The van der Waals surface area contributed by atoms with Crippen molar-refractivity contribution in [2.45, 2.75) is 70.6 Å². The minimum atomic E-state index is -0.377. The summed E-state index contributed by atoms with van der Waals surface area (Å²) in [5.41, 5.74) is 1.54. The van der Waals surface area contributed by atoms with Gasteiger partial charge in [0.1, 0.15) is 0 Å². The standard InChI is InChI=1S/C22H33NO2/c1-4-23-11-20(3)7-5-8-22-15(20)10-14(18(22)23)21-9-6-13(12(2)19(21)25)16(24)17(21)22/h13-19,24-25H,2,4-11H2,1,3H3/t13?,14?,15?,16-,17?,18?,19+,20-,21?,22?/m0/s1. The van der Waals surface area contributed by atoms with Crippen LogP contribution < -0.4 is 0 Å². The number of fused-ring (bicyclic) bond motifs is 2. The van der Waals surface area contributed by atoms with Crippen molar-refractivity contribution in [1.82, 2.24) is 4.90 Å². The van der Waals surface area contributed by atoms with Crippen molar-refractivity contribution in [3.63, 3.8) is 0 Å². The molecule has 7 unspecified atom stereocenters. The van der Waals surface area contributed by atoms with Gasteiger partial charge in [-0.3, -0.25) is 4.90 Å². The Kier molecular flexibility index (Phi) is 2.73. The van der Waals surface area contributed by atoms with Crippen molar-refractivity contribution >= 4 is 0 Å². The molecule has 2 N–H and O–H groups in total. The van der Waals surface area contributed by atoms with E-state index in [9.17, 15) is 10.2 Å². The van der Waals surface area contributed by atoms with Crippen LogP contribution in [0.2, 0.25) is 0 Å². The Morgan fingerprint density at radius 1 is 1.20 bits per heavy atom. The fraction of sp³-hybridized carbons (Fsp3) is 0.909. The molecule has 2 spiro atoms. The van der Waals surface area contributed by atoms with E-state index >= 15 is 0 Å². The van der Waals surface area contributed by atoms with Crippen LogP contribution in [0, 0.1) is 39.9 Å². The molecule has 0 aromatic carbocycles. The minimum absolute atomic E-state index is 0.0809. The lowest BCUT2D eigenvalue weighted by molar-refractivity contribution is -0.227. The molecule has 7 bridgehead atoms. The summed E-state index contributed by atoms with van der Waals surface area (Å²) in [6, 6.07) is 0.592. The highest BCUT2D eigenvalue weighted by Crippen LogP contribution is 2.83. The second-order valence-corrected chi connectivity index (χ2v) is 10.7. The van der Waals surface area contributed by atoms with Crippen LogP contribution >= 0.6 is 0 Å². The number of aliphatic hydroxyl groups excluding tert-OH is 2. The van der Waals surface area contributed by atoms with Crippen molar-refractivity contribution in [3.05, 3.63) is 12.2 Å². The largest absolute Gasteiger partial charge is 0.392 e. The highest BCUT2D eigenvalue weighted by molar-refractivity contribution is 5.38. The third-order valence-corrected chi connectivity index (χ3v) is 10.5. The van der Waals surface area contributed by atoms with Crippen LogP contribution in [-0.4, -0.2) is 46.5 Å². The molecule has 138 valence electrons. The number of aliphatic hydroxyl groups is 2. The summed E-state index contributed by atoms with van der Waals surface area (Å²) in [5.74, 6) is 1.77. The van der Waals surface area contributed by atoms with Gasteiger partial charge < -0.3 is 10.2 Å². The van der Waals surface area contributed by atoms with Gasteiger partial charge >= 0.3 is 0 Å². The first-order chi connectivity index (χ1) is 11.9. The highest BCUT2D eigenvalue weighted by atomic mass is 16.3. The van der Waals surface area contributed by atoms with Crippen LogP contribution in [0.3, 0.4) is 0 Å². The van der Waals surface area contributed by atoms with Crippen LogP contribution in [0.4, 0.5) is 0 Å². The van der Waals surface area contributed by atoms with Gasteiger partial charge in [-0.2, -0.15) is 0 Å². The summed E-state index contributed by atoms with van der Waals surface area (Å²) in [6.07, 6.45) is 6.75. The van der Waals surface area contributed by atoms with Crippen LogP contribution in [0.15, 0.2) is 12.2 Å². The summed E-state index contributed by atoms with van der Waals surface area (Å²) in [6.45, 7) is 11.5. The third-order valence-electron chi connectivity index (χ3n) is 10.5. The quantitative estimate of drug-likeness (QED) is 0.720. The molecule has 1 saturated heterocycles. The second kappa shape index (κ2) is 4.36. The van der Waals surface area contributed by atoms with Gasteiger partial charge in [0.15, 0.2) is 0 Å². The van der Waals surface area contributed by atoms with Gasteiger partial charge in [0.25, 0.3) is 0 Å². The maximum atomic E-state index is 11.5. The molecule has 7 aliphatic rings. The maximum Gasteiger partial charge on any atom is 0.0814 e. The lowest BCUT2D eigenvalue weighted by Gasteiger charge is -2.68. The van der Waals surface area contributed by atoms with E-state index < -0.39 is 0 Å². The van der Waals surface area contributed by atoms with Gasteiger partial charge in [0, 0.05) is 29.8 Å². The molecule has 7 fully saturated rings. The van der Waals surface area contributed by atoms with E-state index in [0.717, 1.165) is 30.9 Å². The third kappa shape index (κ3) is 1.34. The van der Waals surface area contributed by atoms with E-state index in [1.807, 2.05) is 0 Å². The summed E-state index contributed by atoms with van der Waals surface area (Å²) in [7, 11) is 0. The molecular formula is C22H33NO2. The Labute approximate surface area is 151 Å². The second-order valence-electron chi connectivity index (χ2n) is 10.7. The summed E-state index contributed by atoms with van der Waals surface area (Å²) in [4.78, 5) is 2.77. The normalized spacial score (nSPS) is 64.6. The topological polar surface area (TPSA) is 43.7 Å². The predicted octanol–water partition coefficient (Wildman–Crippen LogP) is 2.82. The summed E-state index contributed by atoms with van der Waals surface area (Å²) >= 11 is 0. The Hall–Kier alpha value is -0.380. The van der Waals surface area contributed by atoms with E-state index in [2.05, 4.69) is 25.3 Å². The lowest BCUT2D eigenvalue weighted by Crippen LogP contribution is -2.69. The molecular weight excluding hydrogens is 310 g/mol. The predicted molar refractivity (Wildman–Crippen MR) is 96.8 cm³/mol. The molecule has 3 nitrogen and oxygen atoms in total. The molecule has 7 rings (SSSR count). The van der Waals surface area contributed by atoms with Crippen LogP contribution in [0.5, 0.6) is 0 Å². The van der Waals surface area contributed by atoms with Crippen molar-refractivity contribution < 1.29 is 10.2 Å². The summed E-state index contributed by atoms with van der Waals surface area (Å²) < 4.78 is 0. The first-order valence-corrected chi connectivity index (χ1v) is 10.7. The van der Waals surface area contributed by atoms with E-state index in [4.69, 9.17) is 0 Å².